The fourth-order valence-corrected chi connectivity index (χ4v) is 2.74. The molecule has 0 aromatic heterocycles. The molecule has 1 unspecified atom stereocenters. The van der Waals surface area contributed by atoms with Gasteiger partial charge in [-0.3, -0.25) is 14.4 Å². The van der Waals surface area contributed by atoms with E-state index >= 15 is 0 Å². The Balaban J connectivity index is 2.20. The van der Waals surface area contributed by atoms with Gasteiger partial charge in [-0.2, -0.15) is 0 Å². The first-order valence-electron chi connectivity index (χ1n) is 7.39. The lowest BCUT2D eigenvalue weighted by Crippen LogP contribution is -2.29. The lowest BCUT2D eigenvalue weighted by molar-refractivity contribution is -0.121. The van der Waals surface area contributed by atoms with Crippen LogP contribution in [0.2, 0.25) is 0 Å². The number of carbonyl (C=O) groups is 3. The molecule has 0 saturated carbocycles. The second-order valence-corrected chi connectivity index (χ2v) is 6.49. The molecule has 2 rings (SSSR count). The molecule has 22 heavy (non-hydrogen) atoms. The summed E-state index contributed by atoms with van der Waals surface area (Å²) in [6.07, 6.45) is 3.30. The van der Waals surface area contributed by atoms with Gasteiger partial charge in [0.1, 0.15) is 5.78 Å². The van der Waals surface area contributed by atoms with Gasteiger partial charge in [0, 0.05) is 18.1 Å². The molecule has 1 aliphatic rings. The van der Waals surface area contributed by atoms with Gasteiger partial charge in [0.05, 0.1) is 5.69 Å². The van der Waals surface area contributed by atoms with Gasteiger partial charge >= 0.3 is 0 Å². The molecule has 1 aromatic rings. The van der Waals surface area contributed by atoms with E-state index in [4.69, 9.17) is 0 Å². The highest BCUT2D eigenvalue weighted by atomic mass is 16.2. The molecule has 0 saturated heterocycles. The molecular formula is C18H21NO3. The maximum atomic E-state index is 11.7. The normalized spacial score (nSPS) is 16.3. The quantitative estimate of drug-likeness (QED) is 0.785. The predicted octanol–water partition coefficient (Wildman–Crippen LogP) is 3.01. The maximum absolute atomic E-state index is 11.7. The average molecular weight is 299 g/mol. The SMILES string of the molecule is CC(=O)C(C)CC(C)(C)c1ccc(N2C(=O)C=CC2=O)cc1. The van der Waals surface area contributed by atoms with Crippen LogP contribution in [0, 0.1) is 5.92 Å². The molecule has 0 spiro atoms. The van der Waals surface area contributed by atoms with Crippen molar-refractivity contribution in [1.29, 1.82) is 0 Å². The number of Topliss-reactive ketones (excluding diaryl/α,β-unsaturated/α-hetero) is 1. The van der Waals surface area contributed by atoms with E-state index < -0.39 is 0 Å². The maximum Gasteiger partial charge on any atom is 0.258 e. The van der Waals surface area contributed by atoms with Crippen LogP contribution in [-0.4, -0.2) is 17.6 Å². The molecule has 1 atom stereocenters. The molecular weight excluding hydrogens is 278 g/mol. The zero-order valence-electron chi connectivity index (χ0n) is 13.4. The van der Waals surface area contributed by atoms with E-state index in [9.17, 15) is 14.4 Å². The van der Waals surface area contributed by atoms with Crippen LogP contribution in [0.5, 0.6) is 0 Å². The third-order valence-corrected chi connectivity index (χ3v) is 4.23. The van der Waals surface area contributed by atoms with Crippen molar-refractivity contribution < 1.29 is 14.4 Å². The molecule has 0 N–H and O–H groups in total. The van der Waals surface area contributed by atoms with E-state index in [1.54, 1.807) is 19.1 Å². The third-order valence-electron chi connectivity index (χ3n) is 4.23. The first kappa shape index (κ1) is 16.1. The van der Waals surface area contributed by atoms with Crippen LogP contribution in [-0.2, 0) is 19.8 Å². The van der Waals surface area contributed by atoms with Gasteiger partial charge in [0.15, 0.2) is 0 Å². The molecule has 0 aliphatic carbocycles. The Labute approximate surface area is 130 Å². The summed E-state index contributed by atoms with van der Waals surface area (Å²) in [5, 5.41) is 0. The Hall–Kier alpha value is -2.23. The first-order valence-corrected chi connectivity index (χ1v) is 7.39. The van der Waals surface area contributed by atoms with Gasteiger partial charge in [-0.15, -0.1) is 0 Å². The van der Waals surface area contributed by atoms with Gasteiger partial charge in [0.2, 0.25) is 0 Å². The number of benzene rings is 1. The number of anilines is 1. The summed E-state index contributed by atoms with van der Waals surface area (Å²) in [5.74, 6) is -0.450. The van der Waals surface area contributed by atoms with Crippen molar-refractivity contribution in [3.63, 3.8) is 0 Å². The van der Waals surface area contributed by atoms with E-state index in [1.165, 1.54) is 12.2 Å². The van der Waals surface area contributed by atoms with Crippen LogP contribution < -0.4 is 4.90 Å². The monoisotopic (exact) mass is 299 g/mol. The second kappa shape index (κ2) is 5.87. The Bertz CT molecular complexity index is 623. The number of ketones is 1. The minimum atomic E-state index is -0.317. The predicted molar refractivity (Wildman–Crippen MR) is 85.6 cm³/mol. The van der Waals surface area contributed by atoms with Crippen LogP contribution in [0.15, 0.2) is 36.4 Å². The fraction of sp³-hybridized carbons (Fsp3) is 0.389. The van der Waals surface area contributed by atoms with Crippen LogP contribution in [0.4, 0.5) is 5.69 Å². The summed E-state index contributed by atoms with van der Waals surface area (Å²) in [6.45, 7) is 7.73. The van der Waals surface area contributed by atoms with E-state index in [-0.39, 0.29) is 28.9 Å². The van der Waals surface area contributed by atoms with Crippen molar-refractivity contribution in [2.45, 2.75) is 39.5 Å². The minimum Gasteiger partial charge on any atom is -0.300 e. The van der Waals surface area contributed by atoms with Gasteiger partial charge in [-0.1, -0.05) is 32.9 Å². The van der Waals surface area contributed by atoms with Crippen LogP contribution in [0.1, 0.15) is 39.7 Å². The molecule has 1 aromatic carbocycles. The van der Waals surface area contributed by atoms with E-state index in [2.05, 4.69) is 13.8 Å². The Morgan fingerprint density at radius 3 is 2.05 bits per heavy atom. The van der Waals surface area contributed by atoms with Crippen molar-refractivity contribution in [2.24, 2.45) is 5.92 Å². The molecule has 1 aliphatic heterocycles. The van der Waals surface area contributed by atoms with E-state index in [1.807, 2.05) is 19.1 Å². The molecule has 0 fully saturated rings. The number of carbonyl (C=O) groups excluding carboxylic acids is 3. The highest BCUT2D eigenvalue weighted by molar-refractivity contribution is 6.28. The third kappa shape index (κ3) is 3.16. The van der Waals surface area contributed by atoms with Gasteiger partial charge in [-0.25, -0.2) is 4.90 Å². The Morgan fingerprint density at radius 1 is 1.09 bits per heavy atom. The largest absolute Gasteiger partial charge is 0.300 e. The van der Waals surface area contributed by atoms with Crippen molar-refractivity contribution in [2.75, 3.05) is 4.90 Å². The van der Waals surface area contributed by atoms with E-state index in [0.717, 1.165) is 16.9 Å². The summed E-state index contributed by atoms with van der Waals surface area (Å²) in [5.41, 5.74) is 1.50. The Kier molecular flexibility index (Phi) is 4.31. The van der Waals surface area contributed by atoms with Gasteiger partial charge in [0.25, 0.3) is 11.8 Å². The highest BCUT2D eigenvalue weighted by Crippen LogP contribution is 2.32. The zero-order chi connectivity index (χ0) is 16.5. The Morgan fingerprint density at radius 2 is 1.59 bits per heavy atom. The molecule has 0 bridgehead atoms. The number of amides is 2. The molecule has 4 nitrogen and oxygen atoms in total. The summed E-state index contributed by atoms with van der Waals surface area (Å²) < 4.78 is 0. The summed E-state index contributed by atoms with van der Waals surface area (Å²) in [7, 11) is 0. The van der Waals surface area contributed by atoms with Gasteiger partial charge < -0.3 is 0 Å². The standard InChI is InChI=1S/C18H21NO3/c1-12(13(2)20)11-18(3,4)14-5-7-15(8-6-14)19-16(21)9-10-17(19)22/h5-10,12H,11H2,1-4H3. The van der Waals surface area contributed by atoms with Crippen LogP contribution in [0.3, 0.4) is 0 Å². The minimum absolute atomic E-state index is 0.000569. The molecule has 1 heterocycles. The zero-order valence-corrected chi connectivity index (χ0v) is 13.4. The summed E-state index contributed by atoms with van der Waals surface area (Å²) >= 11 is 0. The molecule has 116 valence electrons. The summed E-state index contributed by atoms with van der Waals surface area (Å²) in [6, 6.07) is 7.39. The second-order valence-electron chi connectivity index (χ2n) is 6.49. The van der Waals surface area contributed by atoms with Crippen molar-refractivity contribution in [1.82, 2.24) is 0 Å². The number of imide groups is 1. The molecule has 4 heteroatoms. The van der Waals surface area contributed by atoms with Crippen LogP contribution in [0.25, 0.3) is 0 Å². The number of hydrogen-bond donors (Lipinski definition) is 0. The smallest absolute Gasteiger partial charge is 0.258 e. The van der Waals surface area contributed by atoms with Gasteiger partial charge in [-0.05, 0) is 36.5 Å². The highest BCUT2D eigenvalue weighted by Gasteiger charge is 2.27. The van der Waals surface area contributed by atoms with Crippen molar-refractivity contribution in [3.8, 4) is 0 Å². The van der Waals surface area contributed by atoms with Crippen molar-refractivity contribution >= 4 is 23.3 Å². The average Bonchev–Trinajstić information content (AvgIpc) is 2.78. The number of rotatable bonds is 5. The summed E-state index contributed by atoms with van der Waals surface area (Å²) in [4.78, 5) is 35.9. The topological polar surface area (TPSA) is 54.5 Å². The molecule has 2 amide bonds. The van der Waals surface area contributed by atoms with Crippen molar-refractivity contribution in [3.05, 3.63) is 42.0 Å². The van der Waals surface area contributed by atoms with Crippen LogP contribution >= 0.6 is 0 Å². The molecule has 0 radical (unpaired) electrons. The number of hydrogen-bond acceptors (Lipinski definition) is 3. The lowest BCUT2D eigenvalue weighted by atomic mass is 9.76. The number of nitrogens with zero attached hydrogens (tertiary/aromatic N) is 1. The lowest BCUT2D eigenvalue weighted by Gasteiger charge is -2.28. The first-order chi connectivity index (χ1) is 10.2. The van der Waals surface area contributed by atoms with E-state index in [0.29, 0.717) is 5.69 Å². The fourth-order valence-electron chi connectivity index (χ4n) is 2.74.